The van der Waals surface area contributed by atoms with Crippen molar-refractivity contribution in [2.45, 2.75) is 50.9 Å². The second-order valence-corrected chi connectivity index (χ2v) is 8.65. The van der Waals surface area contributed by atoms with Crippen LogP contribution in [0.2, 0.25) is 0 Å². The van der Waals surface area contributed by atoms with Gasteiger partial charge in [0.1, 0.15) is 0 Å². The standard InChI is InChI=1S/C23H26/c1-16-7-21(20-5-3-2-4-6-20)12-22(8-16)23-13-17-9-18(14-23)11-19(10-17)15-23/h2-8,12,17-19H,9-11,13-15H2,1H3. The lowest BCUT2D eigenvalue weighted by Crippen LogP contribution is -2.48. The molecule has 4 bridgehead atoms. The average Bonchev–Trinajstić information content (AvgIpc) is 2.54. The predicted octanol–water partition coefficient (Wildman–Crippen LogP) is 6.13. The van der Waals surface area contributed by atoms with Gasteiger partial charge in [-0.05, 0) is 85.3 Å². The van der Waals surface area contributed by atoms with Gasteiger partial charge in [-0.3, -0.25) is 0 Å². The summed E-state index contributed by atoms with van der Waals surface area (Å²) >= 11 is 0. The molecule has 0 aliphatic heterocycles. The minimum Gasteiger partial charge on any atom is -0.0622 e. The van der Waals surface area contributed by atoms with Crippen molar-refractivity contribution < 1.29 is 0 Å². The molecule has 0 radical (unpaired) electrons. The first-order valence-electron chi connectivity index (χ1n) is 9.38. The maximum absolute atomic E-state index is 2.52. The Hall–Kier alpha value is -1.56. The van der Waals surface area contributed by atoms with Crippen molar-refractivity contribution in [1.29, 1.82) is 0 Å². The molecule has 0 heterocycles. The van der Waals surface area contributed by atoms with E-state index in [1.165, 1.54) is 55.2 Å². The summed E-state index contributed by atoms with van der Waals surface area (Å²) in [6, 6.07) is 18.3. The van der Waals surface area contributed by atoms with Crippen molar-refractivity contribution in [3.05, 3.63) is 59.7 Å². The highest BCUT2D eigenvalue weighted by Crippen LogP contribution is 2.60. The first kappa shape index (κ1) is 13.8. The molecule has 0 N–H and O–H groups in total. The molecule has 6 rings (SSSR count). The second-order valence-electron chi connectivity index (χ2n) is 8.65. The van der Waals surface area contributed by atoms with Crippen LogP contribution < -0.4 is 0 Å². The van der Waals surface area contributed by atoms with Gasteiger partial charge in [-0.2, -0.15) is 0 Å². The van der Waals surface area contributed by atoms with E-state index in [1.54, 1.807) is 5.56 Å². The molecular weight excluding hydrogens is 276 g/mol. The van der Waals surface area contributed by atoms with Crippen molar-refractivity contribution in [2.24, 2.45) is 17.8 Å². The van der Waals surface area contributed by atoms with Gasteiger partial charge in [0.15, 0.2) is 0 Å². The van der Waals surface area contributed by atoms with Gasteiger partial charge in [-0.15, -0.1) is 0 Å². The van der Waals surface area contributed by atoms with Crippen molar-refractivity contribution in [3.63, 3.8) is 0 Å². The molecule has 4 fully saturated rings. The van der Waals surface area contributed by atoms with Crippen LogP contribution in [0.15, 0.2) is 48.5 Å². The van der Waals surface area contributed by atoms with Crippen LogP contribution in [0.3, 0.4) is 0 Å². The molecule has 0 atom stereocenters. The summed E-state index contributed by atoms with van der Waals surface area (Å²) in [6.07, 6.45) is 8.94. The van der Waals surface area contributed by atoms with Crippen LogP contribution in [0.4, 0.5) is 0 Å². The minimum atomic E-state index is 0.504. The summed E-state index contributed by atoms with van der Waals surface area (Å²) in [7, 11) is 0. The molecule has 118 valence electrons. The van der Waals surface area contributed by atoms with E-state index in [4.69, 9.17) is 0 Å². The molecule has 0 amide bonds. The largest absolute Gasteiger partial charge is 0.0622 e. The van der Waals surface area contributed by atoms with Gasteiger partial charge in [-0.25, -0.2) is 0 Å². The van der Waals surface area contributed by atoms with Crippen LogP contribution in [0.5, 0.6) is 0 Å². The molecular formula is C23H26. The maximum atomic E-state index is 2.52. The number of aryl methyl sites for hydroxylation is 1. The van der Waals surface area contributed by atoms with Gasteiger partial charge in [0.05, 0.1) is 0 Å². The molecule has 0 unspecified atom stereocenters. The van der Waals surface area contributed by atoms with Gasteiger partial charge >= 0.3 is 0 Å². The van der Waals surface area contributed by atoms with Gasteiger partial charge in [0.25, 0.3) is 0 Å². The molecule has 23 heavy (non-hydrogen) atoms. The summed E-state index contributed by atoms with van der Waals surface area (Å²) in [5.74, 6) is 3.05. The highest BCUT2D eigenvalue weighted by atomic mass is 14.6. The third kappa shape index (κ3) is 2.26. The van der Waals surface area contributed by atoms with E-state index < -0.39 is 0 Å². The zero-order chi connectivity index (χ0) is 15.4. The molecule has 0 saturated heterocycles. The van der Waals surface area contributed by atoms with E-state index in [9.17, 15) is 0 Å². The predicted molar refractivity (Wildman–Crippen MR) is 96.5 cm³/mol. The molecule has 2 aromatic rings. The van der Waals surface area contributed by atoms with Crippen LogP contribution in [0.25, 0.3) is 11.1 Å². The Labute approximate surface area is 139 Å². The quantitative estimate of drug-likeness (QED) is 0.626. The third-order valence-corrected chi connectivity index (χ3v) is 6.84. The second kappa shape index (κ2) is 4.97. The Morgan fingerprint density at radius 2 is 1.35 bits per heavy atom. The van der Waals surface area contributed by atoms with Crippen LogP contribution in [0.1, 0.15) is 49.7 Å². The Morgan fingerprint density at radius 1 is 0.739 bits per heavy atom. The van der Waals surface area contributed by atoms with Crippen LogP contribution in [0, 0.1) is 24.7 Å². The lowest BCUT2D eigenvalue weighted by atomic mass is 9.48. The normalized spacial score (nSPS) is 34.7. The van der Waals surface area contributed by atoms with E-state index in [0.29, 0.717) is 5.41 Å². The molecule has 0 aromatic heterocycles. The first-order chi connectivity index (χ1) is 11.2. The lowest BCUT2D eigenvalue weighted by molar-refractivity contribution is -0.00519. The fourth-order valence-corrected chi connectivity index (χ4v) is 6.35. The fraction of sp³-hybridized carbons (Fsp3) is 0.478. The van der Waals surface area contributed by atoms with Crippen molar-refractivity contribution in [2.75, 3.05) is 0 Å². The highest BCUT2D eigenvalue weighted by Gasteiger charge is 2.51. The molecule has 4 saturated carbocycles. The fourth-order valence-electron chi connectivity index (χ4n) is 6.35. The summed E-state index contributed by atoms with van der Waals surface area (Å²) in [5.41, 5.74) is 6.36. The van der Waals surface area contributed by atoms with Crippen molar-refractivity contribution >= 4 is 0 Å². The Kier molecular flexibility index (Phi) is 2.99. The average molecular weight is 302 g/mol. The zero-order valence-electron chi connectivity index (χ0n) is 14.1. The molecule has 0 heteroatoms. The summed E-state index contributed by atoms with van der Waals surface area (Å²) in [5, 5.41) is 0. The molecule has 0 spiro atoms. The summed E-state index contributed by atoms with van der Waals surface area (Å²) in [6.45, 7) is 2.27. The Morgan fingerprint density at radius 3 is 1.96 bits per heavy atom. The van der Waals surface area contributed by atoms with Crippen LogP contribution in [-0.2, 0) is 5.41 Å². The first-order valence-corrected chi connectivity index (χ1v) is 9.38. The Bertz CT molecular complexity index is 690. The SMILES string of the molecule is Cc1cc(-c2ccccc2)cc(C23CC4CC(CC(C4)C2)C3)c1. The van der Waals surface area contributed by atoms with E-state index in [0.717, 1.165) is 17.8 Å². The third-order valence-electron chi connectivity index (χ3n) is 6.84. The van der Waals surface area contributed by atoms with E-state index >= 15 is 0 Å². The van der Waals surface area contributed by atoms with Crippen molar-refractivity contribution in [1.82, 2.24) is 0 Å². The molecule has 4 aliphatic rings. The number of benzene rings is 2. The minimum absolute atomic E-state index is 0.504. The summed E-state index contributed by atoms with van der Waals surface area (Å²) in [4.78, 5) is 0. The van der Waals surface area contributed by atoms with E-state index in [-0.39, 0.29) is 0 Å². The molecule has 2 aromatic carbocycles. The number of hydrogen-bond acceptors (Lipinski definition) is 0. The molecule has 0 nitrogen and oxygen atoms in total. The van der Waals surface area contributed by atoms with E-state index in [2.05, 4.69) is 55.5 Å². The van der Waals surface area contributed by atoms with Crippen LogP contribution in [-0.4, -0.2) is 0 Å². The zero-order valence-corrected chi connectivity index (χ0v) is 14.1. The number of hydrogen-bond donors (Lipinski definition) is 0. The van der Waals surface area contributed by atoms with Gasteiger partial charge < -0.3 is 0 Å². The van der Waals surface area contributed by atoms with Gasteiger partial charge in [-0.1, -0.05) is 54.1 Å². The maximum Gasteiger partial charge on any atom is -0.00387 e. The van der Waals surface area contributed by atoms with E-state index in [1.807, 2.05) is 0 Å². The Balaban J connectivity index is 1.60. The lowest BCUT2D eigenvalue weighted by Gasteiger charge is -2.57. The molecule has 4 aliphatic carbocycles. The van der Waals surface area contributed by atoms with Crippen molar-refractivity contribution in [3.8, 4) is 11.1 Å². The number of rotatable bonds is 2. The topological polar surface area (TPSA) is 0 Å². The van der Waals surface area contributed by atoms with Crippen LogP contribution >= 0.6 is 0 Å². The summed E-state index contributed by atoms with van der Waals surface area (Å²) < 4.78 is 0. The van der Waals surface area contributed by atoms with Gasteiger partial charge in [0, 0.05) is 0 Å². The van der Waals surface area contributed by atoms with Gasteiger partial charge in [0.2, 0.25) is 0 Å². The monoisotopic (exact) mass is 302 g/mol. The smallest absolute Gasteiger partial charge is 0.00387 e. The highest BCUT2D eigenvalue weighted by molar-refractivity contribution is 5.65.